The van der Waals surface area contributed by atoms with Gasteiger partial charge < -0.3 is 15.5 Å². The molecule has 2 rings (SSSR count). The number of carbonyl (C=O) groups is 2. The van der Waals surface area contributed by atoms with Gasteiger partial charge in [-0.25, -0.2) is 0 Å². The zero-order valence-electron chi connectivity index (χ0n) is 12.7. The molecule has 0 heterocycles. The van der Waals surface area contributed by atoms with Gasteiger partial charge in [-0.3, -0.25) is 9.59 Å². The highest BCUT2D eigenvalue weighted by molar-refractivity contribution is 5.79. The number of amides is 2. The Bertz CT molecular complexity index is 347. The van der Waals surface area contributed by atoms with Crippen LogP contribution in [0.25, 0.3) is 0 Å². The molecule has 0 radical (unpaired) electrons. The van der Waals surface area contributed by atoms with Crippen molar-refractivity contribution in [3.05, 3.63) is 0 Å². The summed E-state index contributed by atoms with van der Waals surface area (Å²) in [6.45, 7) is 3.03. The van der Waals surface area contributed by atoms with Gasteiger partial charge in [0.05, 0.1) is 7.05 Å². The van der Waals surface area contributed by atoms with Gasteiger partial charge in [0.2, 0.25) is 0 Å². The Kier molecular flexibility index (Phi) is 5.40. The number of hydrogen-bond donors (Lipinski definition) is 3. The van der Waals surface area contributed by atoms with Gasteiger partial charge in [0.25, 0.3) is 11.8 Å². The molecule has 3 N–H and O–H groups in total. The lowest BCUT2D eigenvalue weighted by Gasteiger charge is -2.27. The second-order valence-corrected chi connectivity index (χ2v) is 6.68. The summed E-state index contributed by atoms with van der Waals surface area (Å²) < 4.78 is 0. The minimum Gasteiger partial charge on any atom is -0.348 e. The van der Waals surface area contributed by atoms with E-state index in [4.69, 9.17) is 0 Å². The van der Waals surface area contributed by atoms with Gasteiger partial charge in [-0.2, -0.15) is 0 Å². The SMILES string of the molecule is CC1CCC(NC(=O)C[NH+](C)CC(=O)NC2CC2)CC1. The van der Waals surface area contributed by atoms with Crippen LogP contribution < -0.4 is 15.5 Å². The molecule has 2 aliphatic carbocycles. The first-order valence-corrected chi connectivity index (χ1v) is 7.93. The molecule has 2 amide bonds. The third kappa shape index (κ3) is 5.49. The first-order chi connectivity index (χ1) is 9.52. The zero-order chi connectivity index (χ0) is 14.5. The van der Waals surface area contributed by atoms with Gasteiger partial charge in [-0.1, -0.05) is 6.92 Å². The maximum absolute atomic E-state index is 12.0. The van der Waals surface area contributed by atoms with E-state index in [1.54, 1.807) is 0 Å². The van der Waals surface area contributed by atoms with Crippen molar-refractivity contribution in [1.82, 2.24) is 10.6 Å². The third-order valence-electron chi connectivity index (χ3n) is 4.25. The van der Waals surface area contributed by atoms with Crippen LogP contribution in [-0.2, 0) is 9.59 Å². The lowest BCUT2D eigenvalue weighted by atomic mass is 9.87. The van der Waals surface area contributed by atoms with Crippen molar-refractivity contribution in [3.8, 4) is 0 Å². The molecule has 2 saturated carbocycles. The van der Waals surface area contributed by atoms with Gasteiger partial charge in [-0.15, -0.1) is 0 Å². The Morgan fingerprint density at radius 1 is 0.900 bits per heavy atom. The summed E-state index contributed by atoms with van der Waals surface area (Å²) in [5.41, 5.74) is 0. The minimum absolute atomic E-state index is 0.0595. The number of hydrogen-bond acceptors (Lipinski definition) is 2. The van der Waals surface area contributed by atoms with Crippen LogP contribution in [-0.4, -0.2) is 44.0 Å². The Morgan fingerprint density at radius 3 is 1.70 bits per heavy atom. The summed E-state index contributed by atoms with van der Waals surface area (Å²) in [5, 5.41) is 6.06. The first-order valence-electron chi connectivity index (χ1n) is 7.93. The largest absolute Gasteiger partial charge is 0.348 e. The van der Waals surface area contributed by atoms with Crippen LogP contribution in [0, 0.1) is 5.92 Å². The zero-order valence-corrected chi connectivity index (χ0v) is 12.7. The monoisotopic (exact) mass is 282 g/mol. The van der Waals surface area contributed by atoms with Crippen LogP contribution >= 0.6 is 0 Å². The molecule has 5 nitrogen and oxygen atoms in total. The first kappa shape index (κ1) is 15.3. The summed E-state index contributed by atoms with van der Waals surface area (Å²) >= 11 is 0. The van der Waals surface area contributed by atoms with Crippen LogP contribution in [0.2, 0.25) is 0 Å². The molecule has 1 unspecified atom stereocenters. The Balaban J connectivity index is 1.61. The molecule has 0 aromatic heterocycles. The van der Waals surface area contributed by atoms with Crippen LogP contribution in [0.15, 0.2) is 0 Å². The molecule has 0 bridgehead atoms. The number of likely N-dealkylation sites (N-methyl/N-ethyl adjacent to an activating group) is 1. The van der Waals surface area contributed by atoms with Gasteiger partial charge in [0.15, 0.2) is 13.1 Å². The highest BCUT2D eigenvalue weighted by Gasteiger charge is 2.25. The quantitative estimate of drug-likeness (QED) is 0.613. The van der Waals surface area contributed by atoms with Crippen molar-refractivity contribution >= 4 is 11.8 Å². The van der Waals surface area contributed by atoms with Crippen molar-refractivity contribution in [2.75, 3.05) is 20.1 Å². The predicted octanol–water partition coefficient (Wildman–Crippen LogP) is -0.525. The van der Waals surface area contributed by atoms with E-state index in [9.17, 15) is 9.59 Å². The molecule has 0 saturated heterocycles. The van der Waals surface area contributed by atoms with E-state index in [1.807, 2.05) is 7.05 Å². The Hall–Kier alpha value is -1.10. The van der Waals surface area contributed by atoms with E-state index in [-0.39, 0.29) is 11.8 Å². The molecule has 0 spiro atoms. The number of rotatable bonds is 6. The minimum atomic E-state index is 0.0595. The second-order valence-electron chi connectivity index (χ2n) is 6.68. The van der Waals surface area contributed by atoms with Crippen LogP contribution in [0.4, 0.5) is 0 Å². The highest BCUT2D eigenvalue weighted by Crippen LogP contribution is 2.23. The number of carbonyl (C=O) groups excluding carboxylic acids is 2. The van der Waals surface area contributed by atoms with E-state index >= 15 is 0 Å². The molecule has 1 atom stereocenters. The normalized spacial score (nSPS) is 27.7. The average molecular weight is 282 g/mol. The molecule has 0 aromatic rings. The van der Waals surface area contributed by atoms with Gasteiger partial charge >= 0.3 is 0 Å². The van der Waals surface area contributed by atoms with Crippen LogP contribution in [0.1, 0.15) is 45.4 Å². The summed E-state index contributed by atoms with van der Waals surface area (Å²) in [4.78, 5) is 24.6. The maximum Gasteiger partial charge on any atom is 0.275 e. The van der Waals surface area contributed by atoms with Crippen molar-refractivity contribution in [3.63, 3.8) is 0 Å². The molecule has 20 heavy (non-hydrogen) atoms. The predicted molar refractivity (Wildman–Crippen MR) is 77.3 cm³/mol. The van der Waals surface area contributed by atoms with Gasteiger partial charge in [0.1, 0.15) is 0 Å². The lowest BCUT2D eigenvalue weighted by Crippen LogP contribution is -3.11. The van der Waals surface area contributed by atoms with E-state index in [0.29, 0.717) is 25.2 Å². The maximum atomic E-state index is 12.0. The summed E-state index contributed by atoms with van der Waals surface area (Å²) in [5.74, 6) is 0.924. The van der Waals surface area contributed by atoms with E-state index in [2.05, 4.69) is 17.6 Å². The van der Waals surface area contributed by atoms with E-state index < -0.39 is 0 Å². The number of nitrogens with one attached hydrogen (secondary N) is 3. The third-order valence-corrected chi connectivity index (χ3v) is 4.25. The molecule has 0 aromatic carbocycles. The standard InChI is InChI=1S/C15H27N3O2/c1-11-3-5-12(6-4-11)16-14(19)9-18(2)10-15(20)17-13-7-8-13/h11-13H,3-10H2,1-2H3,(H,16,19)(H,17,20)/p+1. The van der Waals surface area contributed by atoms with Crippen molar-refractivity contribution in [1.29, 1.82) is 0 Å². The van der Waals surface area contributed by atoms with Crippen LogP contribution in [0.5, 0.6) is 0 Å². The van der Waals surface area contributed by atoms with Gasteiger partial charge in [0, 0.05) is 12.1 Å². The molecule has 2 fully saturated rings. The molecule has 5 heteroatoms. The Morgan fingerprint density at radius 2 is 1.30 bits per heavy atom. The average Bonchev–Trinajstić information content (AvgIpc) is 3.15. The van der Waals surface area contributed by atoms with Crippen LogP contribution in [0.3, 0.4) is 0 Å². The van der Waals surface area contributed by atoms with E-state index in [0.717, 1.165) is 36.5 Å². The molecular weight excluding hydrogens is 254 g/mol. The smallest absolute Gasteiger partial charge is 0.275 e. The topological polar surface area (TPSA) is 62.6 Å². The van der Waals surface area contributed by atoms with Crippen molar-refractivity contribution in [2.24, 2.45) is 5.92 Å². The molecule has 2 aliphatic rings. The van der Waals surface area contributed by atoms with Crippen molar-refractivity contribution < 1.29 is 14.5 Å². The fourth-order valence-corrected chi connectivity index (χ4v) is 2.80. The van der Waals surface area contributed by atoms with Crippen molar-refractivity contribution in [2.45, 2.75) is 57.5 Å². The fourth-order valence-electron chi connectivity index (χ4n) is 2.80. The van der Waals surface area contributed by atoms with E-state index in [1.165, 1.54) is 12.8 Å². The number of quaternary nitrogens is 1. The molecule has 0 aliphatic heterocycles. The molecule has 114 valence electrons. The molecular formula is C15H28N3O2+. The highest BCUT2D eigenvalue weighted by atomic mass is 16.2. The summed E-state index contributed by atoms with van der Waals surface area (Å²) in [6.07, 6.45) is 6.80. The Labute approximate surface area is 121 Å². The summed E-state index contributed by atoms with van der Waals surface area (Å²) in [6, 6.07) is 0.736. The lowest BCUT2D eigenvalue weighted by molar-refractivity contribution is -0.862. The fraction of sp³-hybridized carbons (Fsp3) is 0.867. The second kappa shape index (κ2) is 7.07. The summed E-state index contributed by atoms with van der Waals surface area (Å²) in [7, 11) is 1.90. The van der Waals surface area contributed by atoms with Gasteiger partial charge in [-0.05, 0) is 44.4 Å².